The molecule has 0 fully saturated rings. The van der Waals surface area contributed by atoms with Gasteiger partial charge in [0.25, 0.3) is 0 Å². The number of aryl methyl sites for hydroxylation is 1. The van der Waals surface area contributed by atoms with Crippen LogP contribution in [0.4, 0.5) is 0 Å². The number of benzene rings is 1. The predicted molar refractivity (Wildman–Crippen MR) is 81.0 cm³/mol. The first kappa shape index (κ1) is 15.7. The summed E-state index contributed by atoms with van der Waals surface area (Å²) in [6.45, 7) is 5.71. The first-order valence-corrected chi connectivity index (χ1v) is 7.14. The zero-order chi connectivity index (χ0) is 15.2. The molecule has 0 aliphatic heterocycles. The lowest BCUT2D eigenvalue weighted by atomic mass is 10.2. The Labute approximate surface area is 129 Å². The molecule has 0 spiro atoms. The maximum Gasteiger partial charge on any atom is 0.166 e. The van der Waals surface area contributed by atoms with Gasteiger partial charge in [0.15, 0.2) is 11.5 Å². The third kappa shape index (κ3) is 4.12. The molecule has 0 aliphatic carbocycles. The Hall–Kier alpha value is -1.72. The summed E-state index contributed by atoms with van der Waals surface area (Å²) in [5.74, 6) is 2.03. The van der Waals surface area contributed by atoms with E-state index in [1.165, 1.54) is 0 Å². The second kappa shape index (κ2) is 7.33. The van der Waals surface area contributed by atoms with Crippen LogP contribution >= 0.6 is 11.6 Å². The third-order valence-corrected chi connectivity index (χ3v) is 3.14. The second-order valence-electron chi connectivity index (χ2n) is 4.59. The fraction of sp³-hybridized carbons (Fsp3) is 0.400. The molecule has 0 saturated heterocycles. The van der Waals surface area contributed by atoms with Crippen molar-refractivity contribution in [2.24, 2.45) is 0 Å². The molecule has 0 atom stereocenters. The van der Waals surface area contributed by atoms with Crippen molar-refractivity contribution in [1.29, 1.82) is 0 Å². The zero-order valence-electron chi connectivity index (χ0n) is 12.4. The zero-order valence-corrected chi connectivity index (χ0v) is 13.2. The van der Waals surface area contributed by atoms with E-state index in [2.05, 4.69) is 10.5 Å². The molecule has 1 aromatic heterocycles. The number of aromatic nitrogens is 1. The summed E-state index contributed by atoms with van der Waals surface area (Å²) < 4.78 is 16.3. The standard InChI is InChI=1S/C15H19ClN2O3/c1-4-17-8-11-6-12(16)7-14(19-3)15(11)20-9-13-5-10(2)21-18-13/h5-7,17H,4,8-9H2,1-3H3. The molecule has 1 aromatic carbocycles. The van der Waals surface area contributed by atoms with Crippen molar-refractivity contribution >= 4 is 11.6 Å². The summed E-state index contributed by atoms with van der Waals surface area (Å²) >= 11 is 6.11. The van der Waals surface area contributed by atoms with Crippen LogP contribution in [0.5, 0.6) is 11.5 Å². The van der Waals surface area contributed by atoms with E-state index in [9.17, 15) is 0 Å². The minimum atomic E-state index is 0.314. The second-order valence-corrected chi connectivity index (χ2v) is 5.03. The summed E-state index contributed by atoms with van der Waals surface area (Å²) in [4.78, 5) is 0. The molecule has 0 unspecified atom stereocenters. The topological polar surface area (TPSA) is 56.5 Å². The molecule has 1 N–H and O–H groups in total. The van der Waals surface area contributed by atoms with Crippen LogP contribution in [-0.2, 0) is 13.2 Å². The number of rotatable bonds is 7. The van der Waals surface area contributed by atoms with Crippen molar-refractivity contribution in [3.8, 4) is 11.5 Å². The average molecular weight is 311 g/mol. The summed E-state index contributed by atoms with van der Waals surface area (Å²) in [5, 5.41) is 7.79. The Morgan fingerprint density at radius 2 is 2.14 bits per heavy atom. The number of nitrogens with zero attached hydrogens (tertiary/aromatic N) is 1. The smallest absolute Gasteiger partial charge is 0.166 e. The highest BCUT2D eigenvalue weighted by Gasteiger charge is 2.14. The number of hydrogen-bond donors (Lipinski definition) is 1. The Morgan fingerprint density at radius 3 is 2.76 bits per heavy atom. The van der Waals surface area contributed by atoms with Crippen molar-refractivity contribution in [3.63, 3.8) is 0 Å². The lowest BCUT2D eigenvalue weighted by molar-refractivity contribution is 0.268. The highest BCUT2D eigenvalue weighted by Crippen LogP contribution is 2.35. The largest absolute Gasteiger partial charge is 0.493 e. The molecule has 5 nitrogen and oxygen atoms in total. The quantitative estimate of drug-likeness (QED) is 0.850. The van der Waals surface area contributed by atoms with E-state index in [4.69, 9.17) is 25.6 Å². The molecule has 0 aliphatic rings. The van der Waals surface area contributed by atoms with Crippen molar-refractivity contribution in [1.82, 2.24) is 10.5 Å². The lowest BCUT2D eigenvalue weighted by Crippen LogP contribution is -2.13. The number of halogens is 1. The summed E-state index contributed by atoms with van der Waals surface area (Å²) in [5.41, 5.74) is 1.68. The Kier molecular flexibility index (Phi) is 5.47. The van der Waals surface area contributed by atoms with Crippen LogP contribution < -0.4 is 14.8 Å². The van der Waals surface area contributed by atoms with Gasteiger partial charge in [-0.1, -0.05) is 23.7 Å². The SMILES string of the molecule is CCNCc1cc(Cl)cc(OC)c1OCc1cc(C)on1. The van der Waals surface area contributed by atoms with Crippen molar-refractivity contribution in [2.45, 2.75) is 27.0 Å². The third-order valence-electron chi connectivity index (χ3n) is 2.92. The van der Waals surface area contributed by atoms with E-state index in [0.29, 0.717) is 29.7 Å². The van der Waals surface area contributed by atoms with E-state index in [1.54, 1.807) is 13.2 Å². The molecular weight excluding hydrogens is 292 g/mol. The predicted octanol–water partition coefficient (Wildman–Crippen LogP) is 3.33. The molecule has 21 heavy (non-hydrogen) atoms. The molecule has 114 valence electrons. The van der Waals surface area contributed by atoms with E-state index in [1.807, 2.05) is 26.0 Å². The molecule has 0 radical (unpaired) electrons. The first-order valence-electron chi connectivity index (χ1n) is 6.76. The Balaban J connectivity index is 2.21. The van der Waals surface area contributed by atoms with Crippen molar-refractivity contribution < 1.29 is 14.0 Å². The van der Waals surface area contributed by atoms with E-state index < -0.39 is 0 Å². The van der Waals surface area contributed by atoms with Crippen LogP contribution in [0.15, 0.2) is 22.7 Å². The summed E-state index contributed by atoms with van der Waals surface area (Å²) in [7, 11) is 1.59. The van der Waals surface area contributed by atoms with Crippen LogP contribution in [0.3, 0.4) is 0 Å². The van der Waals surface area contributed by atoms with Gasteiger partial charge in [0.05, 0.1) is 7.11 Å². The van der Waals surface area contributed by atoms with Crippen LogP contribution in [0.2, 0.25) is 5.02 Å². The average Bonchev–Trinajstić information content (AvgIpc) is 2.88. The maximum absolute atomic E-state index is 6.11. The minimum absolute atomic E-state index is 0.314. The van der Waals surface area contributed by atoms with Gasteiger partial charge in [0.2, 0.25) is 0 Å². The van der Waals surface area contributed by atoms with E-state index in [-0.39, 0.29) is 0 Å². The van der Waals surface area contributed by atoms with Gasteiger partial charge < -0.3 is 19.3 Å². The highest BCUT2D eigenvalue weighted by atomic mass is 35.5. The highest BCUT2D eigenvalue weighted by molar-refractivity contribution is 6.30. The van der Waals surface area contributed by atoms with Gasteiger partial charge in [-0.3, -0.25) is 0 Å². The normalized spacial score (nSPS) is 10.7. The van der Waals surface area contributed by atoms with Gasteiger partial charge in [0.1, 0.15) is 18.1 Å². The molecule has 0 saturated carbocycles. The Morgan fingerprint density at radius 1 is 1.33 bits per heavy atom. The molecule has 1 heterocycles. The van der Waals surface area contributed by atoms with Crippen LogP contribution in [0.25, 0.3) is 0 Å². The number of methoxy groups -OCH3 is 1. The summed E-state index contributed by atoms with van der Waals surface area (Å²) in [6.07, 6.45) is 0. The van der Waals surface area contributed by atoms with Gasteiger partial charge >= 0.3 is 0 Å². The van der Waals surface area contributed by atoms with Gasteiger partial charge in [-0.15, -0.1) is 0 Å². The minimum Gasteiger partial charge on any atom is -0.493 e. The number of ether oxygens (including phenoxy) is 2. The van der Waals surface area contributed by atoms with Gasteiger partial charge in [0, 0.05) is 29.3 Å². The van der Waals surface area contributed by atoms with E-state index in [0.717, 1.165) is 23.6 Å². The maximum atomic E-state index is 6.11. The number of nitrogens with one attached hydrogen (secondary N) is 1. The van der Waals surface area contributed by atoms with Crippen molar-refractivity contribution in [2.75, 3.05) is 13.7 Å². The van der Waals surface area contributed by atoms with Gasteiger partial charge in [-0.2, -0.15) is 0 Å². The molecule has 2 rings (SSSR count). The van der Waals surface area contributed by atoms with Crippen LogP contribution in [0.1, 0.15) is 23.9 Å². The summed E-state index contributed by atoms with van der Waals surface area (Å²) in [6, 6.07) is 5.45. The monoisotopic (exact) mass is 310 g/mol. The van der Waals surface area contributed by atoms with Crippen LogP contribution in [0, 0.1) is 6.92 Å². The van der Waals surface area contributed by atoms with Crippen molar-refractivity contribution in [3.05, 3.63) is 40.2 Å². The lowest BCUT2D eigenvalue weighted by Gasteiger charge is -2.15. The van der Waals surface area contributed by atoms with Gasteiger partial charge in [-0.05, 0) is 19.5 Å². The first-order chi connectivity index (χ1) is 10.1. The Bertz CT molecular complexity index is 599. The fourth-order valence-corrected chi connectivity index (χ4v) is 2.19. The fourth-order valence-electron chi connectivity index (χ4n) is 1.96. The van der Waals surface area contributed by atoms with Crippen LogP contribution in [-0.4, -0.2) is 18.8 Å². The van der Waals surface area contributed by atoms with E-state index >= 15 is 0 Å². The molecule has 0 amide bonds. The van der Waals surface area contributed by atoms with Gasteiger partial charge in [-0.25, -0.2) is 0 Å². The molecule has 2 aromatic rings. The number of hydrogen-bond acceptors (Lipinski definition) is 5. The molecule has 0 bridgehead atoms. The molecule has 6 heteroatoms. The molecular formula is C15H19ClN2O3.